The SMILES string of the molecule is COC(=O)N[C@H](C(=O)N1CCS[C@H]1C1=NC=C(c2ccc(-c3ccc4cc(-c5cnc([C@@H]6CCCN6C(=O)[C@H](NC(=O)OC)c6ccccc6)[nH]5)ccc4c3)cc2)C1)C(C)C. The number of alkyl carbamates (subject to hydrolysis) is 2. The van der Waals surface area contributed by atoms with Crippen LogP contribution in [-0.4, -0.2) is 94.0 Å². The molecule has 0 radical (unpaired) electrons. The van der Waals surface area contributed by atoms with Gasteiger partial charge in [-0.15, -0.1) is 11.8 Å². The highest BCUT2D eigenvalue weighted by Crippen LogP contribution is 2.37. The van der Waals surface area contributed by atoms with Crippen LogP contribution in [0.1, 0.15) is 62.1 Å². The molecule has 0 aliphatic carbocycles. The lowest BCUT2D eigenvalue weighted by Gasteiger charge is -2.30. The molecule has 2 saturated heterocycles. The molecule has 2 fully saturated rings. The standard InChI is InChI=1S/C47H49N7O6S/c1-28(2)40(51-46(57)59-3)43(55)54-21-22-61-45(54)37-25-36(26-48-37)30-14-12-29(13-15-30)32-16-17-34-24-35(19-18-33(34)23-32)38-27-49-42(50-38)39-11-8-20-53(39)44(56)41(52-47(58)60-4)31-9-6-5-7-10-31/h5-7,9-10,12-19,23-24,26-28,39-41,45H,8,11,20-22,25H2,1-4H3,(H,49,50)(H,51,57)(H,52,58)/t39-,40-,41+,45-/m0/s1. The van der Waals surface area contributed by atoms with E-state index >= 15 is 0 Å². The second-order valence-corrected chi connectivity index (χ2v) is 17.0. The minimum Gasteiger partial charge on any atom is -0.453 e. The van der Waals surface area contributed by atoms with Gasteiger partial charge >= 0.3 is 12.2 Å². The van der Waals surface area contributed by atoms with Gasteiger partial charge in [-0.3, -0.25) is 14.6 Å². The van der Waals surface area contributed by atoms with Crippen LogP contribution in [0.3, 0.4) is 0 Å². The van der Waals surface area contributed by atoms with Crippen molar-refractivity contribution in [2.45, 2.75) is 56.6 Å². The zero-order chi connectivity index (χ0) is 42.6. The Hall–Kier alpha value is -6.41. The summed E-state index contributed by atoms with van der Waals surface area (Å²) in [6.07, 6.45) is 4.66. The first kappa shape index (κ1) is 41.3. The summed E-state index contributed by atoms with van der Waals surface area (Å²) in [6.45, 7) is 4.98. The van der Waals surface area contributed by atoms with E-state index in [4.69, 9.17) is 19.5 Å². The summed E-state index contributed by atoms with van der Waals surface area (Å²) in [4.78, 5) is 68.4. The Morgan fingerprint density at radius 2 is 1.46 bits per heavy atom. The van der Waals surface area contributed by atoms with Crippen molar-refractivity contribution in [2.75, 3.05) is 33.1 Å². The first-order chi connectivity index (χ1) is 29.6. The van der Waals surface area contributed by atoms with E-state index in [0.29, 0.717) is 30.9 Å². The fourth-order valence-corrected chi connectivity index (χ4v) is 9.59. The zero-order valence-corrected chi connectivity index (χ0v) is 35.4. The summed E-state index contributed by atoms with van der Waals surface area (Å²) in [5.41, 5.74) is 7.85. The van der Waals surface area contributed by atoms with E-state index in [1.807, 2.05) is 61.5 Å². The Labute approximate surface area is 359 Å². The summed E-state index contributed by atoms with van der Waals surface area (Å²) in [5.74, 6) is 1.09. The number of aromatic amines is 1. The maximum atomic E-state index is 13.9. The molecule has 0 unspecified atom stereocenters. The molecule has 3 aliphatic rings. The minimum atomic E-state index is -0.879. The molecule has 4 atom stereocenters. The van der Waals surface area contributed by atoms with Crippen molar-refractivity contribution in [1.29, 1.82) is 0 Å². The summed E-state index contributed by atoms with van der Waals surface area (Å²) in [7, 11) is 2.58. The van der Waals surface area contributed by atoms with Gasteiger partial charge in [0.1, 0.15) is 23.3 Å². The third-order valence-electron chi connectivity index (χ3n) is 11.6. The van der Waals surface area contributed by atoms with Crippen molar-refractivity contribution < 1.29 is 28.7 Å². The maximum Gasteiger partial charge on any atom is 0.407 e. The number of imidazole rings is 1. The summed E-state index contributed by atoms with van der Waals surface area (Å²) in [6, 6.07) is 28.7. The van der Waals surface area contributed by atoms with Crippen LogP contribution in [0.15, 0.2) is 108 Å². The van der Waals surface area contributed by atoms with Crippen LogP contribution >= 0.6 is 11.8 Å². The number of allylic oxidation sites excluding steroid dienone is 1. The Morgan fingerprint density at radius 3 is 2.18 bits per heavy atom. The molecule has 8 rings (SSSR count). The van der Waals surface area contributed by atoms with E-state index in [1.54, 1.807) is 16.7 Å². The van der Waals surface area contributed by atoms with Crippen LogP contribution in [0.2, 0.25) is 0 Å². The molecular formula is C47H49N7O6S. The largest absolute Gasteiger partial charge is 0.453 e. The number of aromatic nitrogens is 2. The van der Waals surface area contributed by atoms with Gasteiger partial charge in [0, 0.05) is 37.0 Å². The van der Waals surface area contributed by atoms with Crippen LogP contribution in [0.25, 0.3) is 38.7 Å². The van der Waals surface area contributed by atoms with Gasteiger partial charge in [0.05, 0.1) is 37.9 Å². The predicted molar refractivity (Wildman–Crippen MR) is 238 cm³/mol. The van der Waals surface area contributed by atoms with Crippen molar-refractivity contribution in [3.05, 3.63) is 120 Å². The molecule has 13 nitrogen and oxygen atoms in total. The summed E-state index contributed by atoms with van der Waals surface area (Å²) >= 11 is 1.70. The van der Waals surface area contributed by atoms with Gasteiger partial charge in [-0.05, 0) is 69.5 Å². The first-order valence-corrected chi connectivity index (χ1v) is 21.6. The average molecular weight is 840 g/mol. The van der Waals surface area contributed by atoms with Crippen LogP contribution in [-0.2, 0) is 19.1 Å². The number of hydrogen-bond acceptors (Lipinski definition) is 9. The van der Waals surface area contributed by atoms with Crippen molar-refractivity contribution in [3.8, 4) is 22.4 Å². The third kappa shape index (κ3) is 8.76. The Balaban J connectivity index is 0.918. The number of rotatable bonds is 11. The number of thioether (sulfide) groups is 1. The Kier molecular flexibility index (Phi) is 12.2. The average Bonchev–Trinajstić information content (AvgIpc) is 4.14. The van der Waals surface area contributed by atoms with Crippen LogP contribution in [0, 0.1) is 5.92 Å². The van der Waals surface area contributed by atoms with Crippen molar-refractivity contribution >= 4 is 57.8 Å². The van der Waals surface area contributed by atoms with E-state index < -0.39 is 24.3 Å². The second kappa shape index (κ2) is 18.1. The minimum absolute atomic E-state index is 0.0958. The number of benzene rings is 4. The number of amides is 4. The van der Waals surface area contributed by atoms with E-state index in [9.17, 15) is 19.2 Å². The molecule has 4 aromatic carbocycles. The highest BCUT2D eigenvalue weighted by Gasteiger charge is 2.40. The van der Waals surface area contributed by atoms with Gasteiger partial charge in [-0.2, -0.15) is 0 Å². The molecular weight excluding hydrogens is 791 g/mol. The second-order valence-electron chi connectivity index (χ2n) is 15.8. The Bertz CT molecular complexity index is 2500. The van der Waals surface area contributed by atoms with E-state index in [-0.39, 0.29) is 29.1 Å². The van der Waals surface area contributed by atoms with E-state index in [0.717, 1.165) is 68.6 Å². The van der Waals surface area contributed by atoms with Crippen LogP contribution in [0.4, 0.5) is 9.59 Å². The quantitative estimate of drug-likeness (QED) is 0.120. The first-order valence-electron chi connectivity index (χ1n) is 20.5. The van der Waals surface area contributed by atoms with Crippen LogP contribution in [0.5, 0.6) is 0 Å². The number of likely N-dealkylation sites (tertiary alicyclic amines) is 1. The molecule has 14 heteroatoms. The van der Waals surface area contributed by atoms with Gasteiger partial charge in [0.2, 0.25) is 5.91 Å². The molecule has 1 aromatic heterocycles. The molecule has 4 amide bonds. The molecule has 3 aliphatic heterocycles. The molecule has 3 N–H and O–H groups in total. The Morgan fingerprint density at radius 1 is 0.787 bits per heavy atom. The zero-order valence-electron chi connectivity index (χ0n) is 34.6. The molecule has 0 saturated carbocycles. The normalized spacial score (nSPS) is 18.4. The van der Waals surface area contributed by atoms with E-state index in [1.165, 1.54) is 14.2 Å². The number of ether oxygens (including phenoxy) is 2. The van der Waals surface area contributed by atoms with Crippen molar-refractivity contribution in [1.82, 2.24) is 30.4 Å². The number of H-pyrrole nitrogens is 1. The molecule has 314 valence electrons. The highest BCUT2D eigenvalue weighted by atomic mass is 32.2. The highest BCUT2D eigenvalue weighted by molar-refractivity contribution is 8.00. The van der Waals surface area contributed by atoms with Gasteiger partial charge < -0.3 is 34.9 Å². The van der Waals surface area contributed by atoms with Gasteiger partial charge in [0.15, 0.2) is 0 Å². The van der Waals surface area contributed by atoms with E-state index in [2.05, 4.69) is 76.3 Å². The number of hydrogen-bond donors (Lipinski definition) is 3. The molecule has 0 spiro atoms. The lowest BCUT2D eigenvalue weighted by Crippen LogP contribution is -2.53. The molecule has 4 heterocycles. The molecule has 0 bridgehead atoms. The van der Waals surface area contributed by atoms with Gasteiger partial charge in [-0.1, -0.05) is 92.7 Å². The van der Waals surface area contributed by atoms with Gasteiger partial charge in [0.25, 0.3) is 5.91 Å². The fraction of sp³-hybridized carbons (Fsp3) is 0.319. The topological polar surface area (TPSA) is 158 Å². The lowest BCUT2D eigenvalue weighted by molar-refractivity contribution is -0.135. The number of nitrogens with one attached hydrogen (secondary N) is 3. The maximum absolute atomic E-state index is 13.9. The number of nitrogens with zero attached hydrogens (tertiary/aromatic N) is 4. The fourth-order valence-electron chi connectivity index (χ4n) is 8.34. The number of carbonyl (C=O) groups is 4. The molecule has 61 heavy (non-hydrogen) atoms. The van der Waals surface area contributed by atoms with Crippen molar-refractivity contribution in [3.63, 3.8) is 0 Å². The lowest BCUT2D eigenvalue weighted by atomic mass is 9.96. The summed E-state index contributed by atoms with van der Waals surface area (Å²) in [5, 5.41) is 7.45. The predicted octanol–water partition coefficient (Wildman–Crippen LogP) is 8.13. The summed E-state index contributed by atoms with van der Waals surface area (Å²) < 4.78 is 9.61. The number of aliphatic imine (C=N–C) groups is 1. The number of methoxy groups -OCH3 is 2. The molecule has 5 aromatic rings. The van der Waals surface area contributed by atoms with Crippen LogP contribution < -0.4 is 10.6 Å². The number of fused-ring (bicyclic) bond motifs is 1. The third-order valence-corrected chi connectivity index (χ3v) is 12.9. The number of carbonyl (C=O) groups excluding carboxylic acids is 4. The monoisotopic (exact) mass is 839 g/mol. The smallest absolute Gasteiger partial charge is 0.407 e. The van der Waals surface area contributed by atoms with Gasteiger partial charge in [-0.25, -0.2) is 14.6 Å². The van der Waals surface area contributed by atoms with Crippen molar-refractivity contribution in [2.24, 2.45) is 10.9 Å².